The maximum atomic E-state index is 13.1. The molecule has 19 heteroatoms. The van der Waals surface area contributed by atoms with Crippen molar-refractivity contribution in [3.05, 3.63) is 0 Å². The number of unbranched alkanes of at least 4 members (excludes halogenated alkanes) is 46. The second kappa shape index (κ2) is 68.8. The molecule has 17 nitrogen and oxygen atoms in total. The molecule has 0 aromatic carbocycles. The van der Waals surface area contributed by atoms with E-state index in [0.717, 1.165) is 108 Å². The zero-order chi connectivity index (χ0) is 70.7. The van der Waals surface area contributed by atoms with Crippen molar-refractivity contribution in [2.45, 2.75) is 419 Å². The van der Waals surface area contributed by atoms with Crippen molar-refractivity contribution in [3.63, 3.8) is 0 Å². The topological polar surface area (TPSA) is 237 Å². The van der Waals surface area contributed by atoms with Crippen LogP contribution in [-0.4, -0.2) is 96.7 Å². The molecule has 0 rings (SSSR count). The van der Waals surface area contributed by atoms with Gasteiger partial charge in [0.15, 0.2) is 12.2 Å². The molecular formula is C77H150O17P2. The SMILES string of the molecule is CCCCCCCCCCCCCCCCCCCCCCCCC(=O)O[C@H](COC(=O)CCCCCCCCCCCCCC(C)C)COP(=O)(O)OC[C@@H](O)COP(=O)(O)OC[C@@H](COC(=O)CCCCCCCCCC)OC(=O)CCCCCCCCCCCC(C)C. The number of aliphatic hydroxyl groups excluding tert-OH is 1. The number of esters is 4. The van der Waals surface area contributed by atoms with Gasteiger partial charge in [0, 0.05) is 25.7 Å². The summed E-state index contributed by atoms with van der Waals surface area (Å²) >= 11 is 0. The van der Waals surface area contributed by atoms with Crippen LogP contribution in [0.25, 0.3) is 0 Å². The van der Waals surface area contributed by atoms with E-state index in [4.69, 9.17) is 37.0 Å². The molecule has 0 aromatic heterocycles. The predicted octanol–water partition coefficient (Wildman–Crippen LogP) is 22.7. The predicted molar refractivity (Wildman–Crippen MR) is 391 cm³/mol. The first-order valence-electron chi connectivity index (χ1n) is 40.0. The van der Waals surface area contributed by atoms with E-state index in [1.165, 1.54) is 212 Å². The summed E-state index contributed by atoms with van der Waals surface area (Å²) in [5.41, 5.74) is 0. The Hall–Kier alpha value is -1.94. The van der Waals surface area contributed by atoms with Crippen molar-refractivity contribution < 1.29 is 80.2 Å². The number of hydrogen-bond acceptors (Lipinski definition) is 15. The molecule has 0 spiro atoms. The van der Waals surface area contributed by atoms with Crippen LogP contribution < -0.4 is 0 Å². The lowest BCUT2D eigenvalue weighted by Crippen LogP contribution is -2.30. The third kappa shape index (κ3) is 70.5. The first-order valence-corrected chi connectivity index (χ1v) is 43.0. The summed E-state index contributed by atoms with van der Waals surface area (Å²) < 4.78 is 68.5. The Morgan fingerprint density at radius 3 is 0.708 bits per heavy atom. The Kier molecular flexibility index (Phi) is 67.4. The van der Waals surface area contributed by atoms with E-state index in [2.05, 4.69) is 41.5 Å². The lowest BCUT2D eigenvalue weighted by Gasteiger charge is -2.21. The van der Waals surface area contributed by atoms with Crippen molar-refractivity contribution in [1.82, 2.24) is 0 Å². The fraction of sp³-hybridized carbons (Fsp3) is 0.948. The van der Waals surface area contributed by atoms with E-state index in [9.17, 15) is 43.2 Å². The Labute approximate surface area is 588 Å². The van der Waals surface area contributed by atoms with Gasteiger partial charge in [-0.3, -0.25) is 37.3 Å². The van der Waals surface area contributed by atoms with Gasteiger partial charge in [-0.15, -0.1) is 0 Å². The lowest BCUT2D eigenvalue weighted by atomic mass is 10.0. The van der Waals surface area contributed by atoms with Crippen LogP contribution in [0.5, 0.6) is 0 Å². The number of carbonyl (C=O) groups excluding carboxylic acids is 4. The van der Waals surface area contributed by atoms with Gasteiger partial charge >= 0.3 is 39.5 Å². The minimum atomic E-state index is -4.96. The first kappa shape index (κ1) is 94.1. The number of rotatable bonds is 76. The molecule has 0 saturated carbocycles. The van der Waals surface area contributed by atoms with Gasteiger partial charge in [-0.25, -0.2) is 9.13 Å². The average Bonchev–Trinajstić information content (AvgIpc) is 1.13. The molecule has 0 fully saturated rings. The summed E-state index contributed by atoms with van der Waals surface area (Å²) in [7, 11) is -9.91. The maximum Gasteiger partial charge on any atom is 0.472 e. The Morgan fingerprint density at radius 1 is 0.281 bits per heavy atom. The van der Waals surface area contributed by atoms with Crippen molar-refractivity contribution in [1.29, 1.82) is 0 Å². The molecule has 0 heterocycles. The van der Waals surface area contributed by atoms with E-state index in [1.807, 2.05) is 0 Å². The second-order valence-electron chi connectivity index (χ2n) is 28.7. The summed E-state index contributed by atoms with van der Waals surface area (Å²) in [6, 6.07) is 0. The quantitative estimate of drug-likeness (QED) is 0.0222. The molecule has 0 radical (unpaired) electrons. The molecule has 3 N–H and O–H groups in total. The number of carbonyl (C=O) groups is 4. The molecule has 0 bridgehead atoms. The van der Waals surface area contributed by atoms with Gasteiger partial charge in [0.25, 0.3) is 0 Å². The van der Waals surface area contributed by atoms with E-state index >= 15 is 0 Å². The number of ether oxygens (including phenoxy) is 4. The molecule has 0 aliphatic heterocycles. The van der Waals surface area contributed by atoms with E-state index in [-0.39, 0.29) is 25.7 Å². The molecule has 0 aliphatic carbocycles. The highest BCUT2D eigenvalue weighted by Gasteiger charge is 2.30. The molecule has 0 aliphatic rings. The Morgan fingerprint density at radius 2 is 0.479 bits per heavy atom. The van der Waals surface area contributed by atoms with Gasteiger partial charge in [0.05, 0.1) is 26.4 Å². The summed E-state index contributed by atoms with van der Waals surface area (Å²) in [6.45, 7) is 9.55. The van der Waals surface area contributed by atoms with Crippen LogP contribution in [0, 0.1) is 11.8 Å². The van der Waals surface area contributed by atoms with Crippen LogP contribution in [0.4, 0.5) is 0 Å². The molecule has 570 valence electrons. The minimum Gasteiger partial charge on any atom is -0.462 e. The minimum absolute atomic E-state index is 0.105. The van der Waals surface area contributed by atoms with Gasteiger partial charge in [-0.2, -0.15) is 0 Å². The van der Waals surface area contributed by atoms with Crippen molar-refractivity contribution in [2.75, 3.05) is 39.6 Å². The van der Waals surface area contributed by atoms with Crippen LogP contribution in [-0.2, 0) is 65.4 Å². The van der Waals surface area contributed by atoms with Crippen LogP contribution in [0.2, 0.25) is 0 Å². The number of aliphatic hydroxyl groups is 1. The first-order chi connectivity index (χ1) is 46.4. The van der Waals surface area contributed by atoms with Crippen LogP contribution in [0.15, 0.2) is 0 Å². The lowest BCUT2D eigenvalue weighted by molar-refractivity contribution is -0.161. The van der Waals surface area contributed by atoms with Gasteiger partial charge < -0.3 is 33.8 Å². The average molecular weight is 1410 g/mol. The second-order valence-corrected chi connectivity index (χ2v) is 31.6. The summed E-state index contributed by atoms with van der Waals surface area (Å²) in [6.07, 6.45) is 57.1. The number of hydrogen-bond donors (Lipinski definition) is 3. The van der Waals surface area contributed by atoms with Gasteiger partial charge in [-0.05, 0) is 37.5 Å². The molecule has 2 unspecified atom stereocenters. The van der Waals surface area contributed by atoms with E-state index in [1.54, 1.807) is 0 Å². The number of phosphoric ester groups is 2. The van der Waals surface area contributed by atoms with Gasteiger partial charge in [0.1, 0.15) is 19.3 Å². The van der Waals surface area contributed by atoms with Gasteiger partial charge in [-0.1, -0.05) is 350 Å². The standard InChI is InChI=1S/C77H150O17P2/c1-7-9-11-13-15-17-18-19-20-21-22-23-24-25-26-27-28-31-37-43-49-55-61-76(81)93-73(66-88-75(80)60-54-48-42-36-32-29-30-34-39-45-51-57-69(3)4)68-92-96(85,86)90-64-71(78)63-89-95(83,84)91-67-72(65-87-74(79)59-53-47-41-16-14-12-10-8-2)94-77(82)62-56-50-44-38-33-35-40-46-52-58-70(5)6/h69-73,78H,7-68H2,1-6H3,(H,83,84)(H,85,86)/t71-,72+,73+/m0/s1. The fourth-order valence-corrected chi connectivity index (χ4v) is 13.4. The Bertz CT molecular complexity index is 1860. The molecular weight excluding hydrogens is 1260 g/mol. The van der Waals surface area contributed by atoms with Crippen molar-refractivity contribution in [2.24, 2.45) is 11.8 Å². The monoisotopic (exact) mass is 1410 g/mol. The Balaban J connectivity index is 5.17. The zero-order valence-electron chi connectivity index (χ0n) is 62.7. The third-order valence-corrected chi connectivity index (χ3v) is 19.9. The smallest absolute Gasteiger partial charge is 0.462 e. The van der Waals surface area contributed by atoms with Gasteiger partial charge in [0.2, 0.25) is 0 Å². The summed E-state index contributed by atoms with van der Waals surface area (Å²) in [5.74, 6) is -0.612. The highest BCUT2D eigenvalue weighted by Crippen LogP contribution is 2.45. The third-order valence-electron chi connectivity index (χ3n) is 18.0. The zero-order valence-corrected chi connectivity index (χ0v) is 64.5. The highest BCUT2D eigenvalue weighted by atomic mass is 31.2. The molecule has 5 atom stereocenters. The molecule has 0 saturated heterocycles. The van der Waals surface area contributed by atoms with E-state index < -0.39 is 97.5 Å². The number of phosphoric acid groups is 2. The molecule has 0 aromatic rings. The summed E-state index contributed by atoms with van der Waals surface area (Å²) in [4.78, 5) is 72.7. The largest absolute Gasteiger partial charge is 0.472 e. The van der Waals surface area contributed by atoms with Crippen molar-refractivity contribution in [3.8, 4) is 0 Å². The van der Waals surface area contributed by atoms with E-state index in [0.29, 0.717) is 25.7 Å². The highest BCUT2D eigenvalue weighted by molar-refractivity contribution is 7.47. The summed E-state index contributed by atoms with van der Waals surface area (Å²) in [5, 5.41) is 10.6. The van der Waals surface area contributed by atoms with Crippen LogP contribution >= 0.6 is 15.6 Å². The molecule has 0 amide bonds. The fourth-order valence-electron chi connectivity index (χ4n) is 11.8. The van der Waals surface area contributed by atoms with Crippen molar-refractivity contribution >= 4 is 39.5 Å². The normalized spacial score (nSPS) is 14.0. The van der Waals surface area contributed by atoms with Crippen LogP contribution in [0.1, 0.15) is 401 Å². The van der Waals surface area contributed by atoms with Crippen LogP contribution in [0.3, 0.4) is 0 Å². The molecule has 96 heavy (non-hydrogen) atoms. The maximum absolute atomic E-state index is 13.1.